The van der Waals surface area contributed by atoms with Crippen LogP contribution in [0.15, 0.2) is 109 Å². The van der Waals surface area contributed by atoms with Crippen molar-refractivity contribution in [1.82, 2.24) is 9.80 Å². The summed E-state index contributed by atoms with van der Waals surface area (Å²) in [5, 5.41) is 0. The van der Waals surface area contributed by atoms with Gasteiger partial charge in [0.15, 0.2) is 0 Å². The second-order valence-electron chi connectivity index (χ2n) is 10.2. The van der Waals surface area contributed by atoms with Crippen LogP contribution in [0.5, 0.6) is 0 Å². The Hall–Kier alpha value is -3.24. The maximum atomic E-state index is 6.52. The van der Waals surface area contributed by atoms with Crippen molar-refractivity contribution in [1.29, 1.82) is 0 Å². The first kappa shape index (κ1) is 26.8. The first-order valence-corrected chi connectivity index (χ1v) is 13.2. The summed E-state index contributed by atoms with van der Waals surface area (Å²) in [4.78, 5) is 4.55. The van der Waals surface area contributed by atoms with Crippen molar-refractivity contribution in [2.75, 3.05) is 41.4 Å². The van der Waals surface area contributed by atoms with Crippen molar-refractivity contribution in [3.05, 3.63) is 143 Å². The molecule has 0 spiro atoms. The van der Waals surface area contributed by atoms with Crippen LogP contribution in [0, 0.1) is 0 Å². The Bertz CT molecular complexity index is 1120. The summed E-state index contributed by atoms with van der Waals surface area (Å²) in [6, 6.07) is 39.3. The normalized spacial score (nSPS) is 13.1. The van der Waals surface area contributed by atoms with Gasteiger partial charge in [-0.15, -0.1) is 0 Å². The highest BCUT2D eigenvalue weighted by atomic mass is 16.5. The molecule has 0 aliphatic rings. The number of benzene rings is 4. The van der Waals surface area contributed by atoms with E-state index < -0.39 is 0 Å². The molecule has 4 aromatic carbocycles. The Labute approximate surface area is 223 Å². The summed E-state index contributed by atoms with van der Waals surface area (Å²) in [6.07, 6.45) is 1.85. The van der Waals surface area contributed by atoms with E-state index in [1.807, 2.05) is 0 Å². The van der Waals surface area contributed by atoms with Gasteiger partial charge in [0.25, 0.3) is 0 Å². The molecule has 4 rings (SSSR count). The molecule has 0 fully saturated rings. The third-order valence-electron chi connectivity index (χ3n) is 7.10. The molecule has 0 saturated carbocycles. The van der Waals surface area contributed by atoms with E-state index in [2.05, 4.69) is 147 Å². The minimum absolute atomic E-state index is 0.183. The van der Waals surface area contributed by atoms with Gasteiger partial charge in [-0.25, -0.2) is 0 Å². The molecule has 3 nitrogen and oxygen atoms in total. The zero-order chi connectivity index (χ0) is 26.0. The van der Waals surface area contributed by atoms with Gasteiger partial charge in [0.1, 0.15) is 0 Å². The van der Waals surface area contributed by atoms with E-state index in [0.717, 1.165) is 12.8 Å². The maximum absolute atomic E-state index is 6.52. The molecule has 0 aromatic heterocycles. The van der Waals surface area contributed by atoms with Gasteiger partial charge in [0.05, 0.1) is 25.3 Å². The second-order valence-corrected chi connectivity index (χ2v) is 10.2. The zero-order valence-corrected chi connectivity index (χ0v) is 22.7. The van der Waals surface area contributed by atoms with Crippen molar-refractivity contribution in [3.8, 4) is 0 Å². The van der Waals surface area contributed by atoms with Crippen LogP contribution < -0.4 is 0 Å². The lowest BCUT2D eigenvalue weighted by Crippen LogP contribution is -2.29. The molecule has 0 radical (unpaired) electrons. The van der Waals surface area contributed by atoms with E-state index in [1.165, 1.54) is 33.4 Å². The van der Waals surface area contributed by atoms with Crippen LogP contribution in [0.3, 0.4) is 0 Å². The molecule has 0 aliphatic heterocycles. The monoisotopic (exact) mass is 492 g/mol. The third-order valence-corrected chi connectivity index (χ3v) is 7.10. The van der Waals surface area contributed by atoms with Crippen LogP contribution in [-0.4, -0.2) is 51.2 Å². The summed E-state index contributed by atoms with van der Waals surface area (Å²) in [5.74, 6) is 0. The minimum atomic E-state index is 0.183. The smallest absolute Gasteiger partial charge is 0.0664 e. The molecule has 0 saturated heterocycles. The van der Waals surface area contributed by atoms with Crippen molar-refractivity contribution in [3.63, 3.8) is 0 Å². The van der Waals surface area contributed by atoms with Crippen LogP contribution in [-0.2, 0) is 17.6 Å². The fourth-order valence-corrected chi connectivity index (χ4v) is 5.00. The average Bonchev–Trinajstić information content (AvgIpc) is 2.91. The Morgan fingerprint density at radius 2 is 0.838 bits per heavy atom. The molecule has 0 heterocycles. The highest BCUT2D eigenvalue weighted by Crippen LogP contribution is 2.28. The van der Waals surface area contributed by atoms with E-state index in [-0.39, 0.29) is 12.1 Å². The molecule has 2 unspecified atom stereocenters. The summed E-state index contributed by atoms with van der Waals surface area (Å²) >= 11 is 0. The number of likely N-dealkylation sites (N-methyl/N-ethyl adjacent to an activating group) is 2. The highest BCUT2D eigenvalue weighted by Gasteiger charge is 2.22. The van der Waals surface area contributed by atoms with Gasteiger partial charge in [0, 0.05) is 0 Å². The topological polar surface area (TPSA) is 15.7 Å². The molecule has 4 aromatic rings. The molecular formula is C34H40N2O. The Morgan fingerprint density at radius 1 is 0.486 bits per heavy atom. The Morgan fingerprint density at radius 3 is 1.22 bits per heavy atom. The van der Waals surface area contributed by atoms with Crippen LogP contribution in [0.2, 0.25) is 0 Å². The van der Waals surface area contributed by atoms with Crippen LogP contribution in [0.25, 0.3) is 0 Å². The molecule has 0 amide bonds. The fraction of sp³-hybridized carbons (Fsp3) is 0.294. The van der Waals surface area contributed by atoms with Crippen molar-refractivity contribution < 1.29 is 4.74 Å². The third kappa shape index (κ3) is 7.39. The zero-order valence-electron chi connectivity index (χ0n) is 22.7. The highest BCUT2D eigenvalue weighted by molar-refractivity contribution is 5.36. The quantitative estimate of drug-likeness (QED) is 0.217. The average molecular weight is 493 g/mol. The minimum Gasteiger partial charge on any atom is -0.377 e. The predicted molar refractivity (Wildman–Crippen MR) is 155 cm³/mol. The predicted octanol–water partition coefficient (Wildman–Crippen LogP) is 6.79. The lowest BCUT2D eigenvalue weighted by Gasteiger charge is -2.30. The van der Waals surface area contributed by atoms with Crippen molar-refractivity contribution in [2.45, 2.75) is 24.9 Å². The van der Waals surface area contributed by atoms with E-state index in [9.17, 15) is 0 Å². The molecule has 37 heavy (non-hydrogen) atoms. The lowest BCUT2D eigenvalue weighted by atomic mass is 9.94. The lowest BCUT2D eigenvalue weighted by molar-refractivity contribution is 0.0434. The van der Waals surface area contributed by atoms with Gasteiger partial charge in [-0.2, -0.15) is 0 Å². The Balaban J connectivity index is 1.49. The second kappa shape index (κ2) is 13.3. The number of rotatable bonds is 12. The van der Waals surface area contributed by atoms with E-state index >= 15 is 0 Å². The Kier molecular flexibility index (Phi) is 9.67. The first-order valence-electron chi connectivity index (χ1n) is 13.2. The van der Waals surface area contributed by atoms with Crippen LogP contribution in [0.1, 0.15) is 45.5 Å². The van der Waals surface area contributed by atoms with Gasteiger partial charge in [0.2, 0.25) is 0 Å². The number of nitrogens with zero attached hydrogens (tertiary/aromatic N) is 2. The standard InChI is InChI=1S/C34H40N2O/c1-35(2)33(31-21-13-11-19-29(31)23-27-15-7-5-8-16-27)25-37-26-34(36(3)4)32-22-14-12-20-30(32)24-28-17-9-6-10-18-28/h5-22,33-34H,23-26H2,1-4H3. The van der Waals surface area contributed by atoms with Crippen molar-refractivity contribution >= 4 is 0 Å². The van der Waals surface area contributed by atoms with Gasteiger partial charge in [-0.1, -0.05) is 109 Å². The van der Waals surface area contributed by atoms with E-state index in [0.29, 0.717) is 13.2 Å². The molecule has 0 N–H and O–H groups in total. The fourth-order valence-electron chi connectivity index (χ4n) is 5.00. The van der Waals surface area contributed by atoms with E-state index in [1.54, 1.807) is 0 Å². The maximum Gasteiger partial charge on any atom is 0.0664 e. The van der Waals surface area contributed by atoms with Gasteiger partial charge in [-0.3, -0.25) is 0 Å². The van der Waals surface area contributed by atoms with E-state index in [4.69, 9.17) is 4.74 Å². The van der Waals surface area contributed by atoms with Crippen LogP contribution in [0.4, 0.5) is 0 Å². The first-order chi connectivity index (χ1) is 18.0. The van der Waals surface area contributed by atoms with Crippen molar-refractivity contribution in [2.24, 2.45) is 0 Å². The summed E-state index contributed by atoms with van der Waals surface area (Å²) < 4.78 is 6.52. The van der Waals surface area contributed by atoms with Gasteiger partial charge >= 0.3 is 0 Å². The largest absolute Gasteiger partial charge is 0.377 e. The molecule has 0 aliphatic carbocycles. The van der Waals surface area contributed by atoms with Crippen LogP contribution >= 0.6 is 0 Å². The SMILES string of the molecule is CN(C)C(COCC(c1ccccc1Cc1ccccc1)N(C)C)c1ccccc1Cc1ccccc1. The summed E-state index contributed by atoms with van der Waals surface area (Å²) in [7, 11) is 8.58. The summed E-state index contributed by atoms with van der Waals surface area (Å²) in [6.45, 7) is 1.29. The number of ether oxygens (including phenoxy) is 1. The summed E-state index contributed by atoms with van der Waals surface area (Å²) in [5.41, 5.74) is 8.04. The number of hydrogen-bond donors (Lipinski definition) is 0. The molecular weight excluding hydrogens is 452 g/mol. The number of hydrogen-bond acceptors (Lipinski definition) is 3. The molecule has 0 bridgehead atoms. The molecule has 2 atom stereocenters. The van der Waals surface area contributed by atoms with Gasteiger partial charge < -0.3 is 14.5 Å². The molecule has 3 heteroatoms. The van der Waals surface area contributed by atoms with Gasteiger partial charge in [-0.05, 0) is 74.4 Å². The molecule has 192 valence electrons.